The van der Waals surface area contributed by atoms with Crippen molar-refractivity contribution in [3.8, 4) is 5.69 Å². The maximum atomic E-state index is 12.8. The van der Waals surface area contributed by atoms with Gasteiger partial charge >= 0.3 is 0 Å². The number of carbonyl (C=O) groups excluding carboxylic acids is 1. The predicted octanol–water partition coefficient (Wildman–Crippen LogP) is 1.22. The lowest BCUT2D eigenvalue weighted by atomic mass is 10.2. The molecule has 0 spiro atoms. The Balaban J connectivity index is 1.42. The molecule has 1 N–H and O–H groups in total. The van der Waals surface area contributed by atoms with Crippen LogP contribution in [0.3, 0.4) is 0 Å². The molecule has 1 fully saturated rings. The van der Waals surface area contributed by atoms with E-state index in [-0.39, 0.29) is 10.8 Å². The zero-order valence-corrected chi connectivity index (χ0v) is 17.0. The number of benzene rings is 2. The van der Waals surface area contributed by atoms with E-state index < -0.39 is 10.0 Å². The third-order valence-electron chi connectivity index (χ3n) is 4.78. The van der Waals surface area contributed by atoms with E-state index in [9.17, 15) is 13.2 Å². The molecule has 10 heteroatoms. The Morgan fingerprint density at radius 3 is 2.57 bits per heavy atom. The highest BCUT2D eigenvalue weighted by Crippen LogP contribution is 2.18. The van der Waals surface area contributed by atoms with Gasteiger partial charge < -0.3 is 10.1 Å². The monoisotopic (exact) mass is 427 g/mol. The second-order valence-corrected chi connectivity index (χ2v) is 8.67. The lowest BCUT2D eigenvalue weighted by Crippen LogP contribution is -2.40. The molecule has 2 aromatic carbocycles. The minimum Gasteiger partial charge on any atom is -0.379 e. The van der Waals surface area contributed by atoms with Gasteiger partial charge in [0.05, 0.1) is 23.8 Å². The number of nitrogens with one attached hydrogen (secondary N) is 1. The Bertz CT molecular complexity index is 1110. The summed E-state index contributed by atoms with van der Waals surface area (Å²) < 4.78 is 33.8. The zero-order valence-electron chi connectivity index (χ0n) is 16.1. The first-order valence-corrected chi connectivity index (χ1v) is 10.9. The van der Waals surface area contributed by atoms with Crippen LogP contribution in [0.2, 0.25) is 0 Å². The molecule has 1 aromatic heterocycles. The van der Waals surface area contributed by atoms with E-state index in [4.69, 9.17) is 4.74 Å². The van der Waals surface area contributed by atoms with Crippen molar-refractivity contribution < 1.29 is 17.9 Å². The summed E-state index contributed by atoms with van der Waals surface area (Å²) in [7, 11) is -3.65. The SMILES string of the molecule is O=C(NCc1ccc(-n2cncn2)cc1)c1cccc(S(=O)(=O)N2CCOCC2)c1. The Kier molecular flexibility index (Phi) is 5.88. The van der Waals surface area contributed by atoms with Crippen LogP contribution in [0, 0.1) is 0 Å². The van der Waals surface area contributed by atoms with E-state index in [2.05, 4.69) is 15.4 Å². The smallest absolute Gasteiger partial charge is 0.251 e. The molecule has 1 saturated heterocycles. The first-order chi connectivity index (χ1) is 14.5. The van der Waals surface area contributed by atoms with Crippen LogP contribution in [0.15, 0.2) is 66.1 Å². The van der Waals surface area contributed by atoms with Gasteiger partial charge in [-0.15, -0.1) is 0 Å². The normalized spacial score (nSPS) is 15.1. The fraction of sp³-hybridized carbons (Fsp3) is 0.250. The number of sulfonamides is 1. The second kappa shape index (κ2) is 8.74. The number of aromatic nitrogens is 3. The largest absolute Gasteiger partial charge is 0.379 e. The highest BCUT2D eigenvalue weighted by atomic mass is 32.2. The summed E-state index contributed by atoms with van der Waals surface area (Å²) in [6, 6.07) is 13.6. The number of hydrogen-bond acceptors (Lipinski definition) is 6. The number of hydrogen-bond donors (Lipinski definition) is 1. The lowest BCUT2D eigenvalue weighted by Gasteiger charge is -2.26. The molecule has 156 valence electrons. The third-order valence-corrected chi connectivity index (χ3v) is 6.67. The van der Waals surface area contributed by atoms with Crippen molar-refractivity contribution in [3.05, 3.63) is 72.3 Å². The van der Waals surface area contributed by atoms with Crippen molar-refractivity contribution in [3.63, 3.8) is 0 Å². The number of morpholine rings is 1. The molecule has 1 aliphatic rings. The Morgan fingerprint density at radius 2 is 1.87 bits per heavy atom. The van der Waals surface area contributed by atoms with Crippen molar-refractivity contribution in [2.45, 2.75) is 11.4 Å². The molecule has 3 aromatic rings. The number of rotatable bonds is 6. The van der Waals surface area contributed by atoms with Gasteiger partial charge in [-0.05, 0) is 35.9 Å². The maximum absolute atomic E-state index is 12.8. The van der Waals surface area contributed by atoms with Crippen LogP contribution in [-0.4, -0.2) is 59.7 Å². The average Bonchev–Trinajstić information content (AvgIpc) is 3.33. The molecule has 0 aliphatic carbocycles. The van der Waals surface area contributed by atoms with Gasteiger partial charge in [0.15, 0.2) is 0 Å². The molecule has 9 nitrogen and oxygen atoms in total. The molecule has 30 heavy (non-hydrogen) atoms. The first-order valence-electron chi connectivity index (χ1n) is 9.44. The summed E-state index contributed by atoms with van der Waals surface area (Å²) in [6.07, 6.45) is 3.07. The van der Waals surface area contributed by atoms with Gasteiger partial charge in [-0.25, -0.2) is 18.1 Å². The molecular formula is C20H21N5O4S. The van der Waals surface area contributed by atoms with E-state index in [0.717, 1.165) is 11.3 Å². The molecule has 2 heterocycles. The summed E-state index contributed by atoms with van der Waals surface area (Å²) in [6.45, 7) is 1.67. The van der Waals surface area contributed by atoms with Gasteiger partial charge in [-0.3, -0.25) is 4.79 Å². The van der Waals surface area contributed by atoms with E-state index in [1.165, 1.54) is 22.8 Å². The van der Waals surface area contributed by atoms with Crippen LogP contribution in [-0.2, 0) is 21.3 Å². The fourth-order valence-electron chi connectivity index (χ4n) is 3.13. The van der Waals surface area contributed by atoms with E-state index in [1.807, 2.05) is 24.3 Å². The topological polar surface area (TPSA) is 106 Å². The molecule has 0 atom stereocenters. The molecule has 1 amide bonds. The zero-order chi connectivity index (χ0) is 21.0. The van der Waals surface area contributed by atoms with Crippen LogP contribution in [0.1, 0.15) is 15.9 Å². The highest BCUT2D eigenvalue weighted by molar-refractivity contribution is 7.89. The van der Waals surface area contributed by atoms with Gasteiger partial charge in [-0.2, -0.15) is 9.40 Å². The van der Waals surface area contributed by atoms with Gasteiger partial charge in [-0.1, -0.05) is 18.2 Å². The molecule has 0 radical (unpaired) electrons. The highest BCUT2D eigenvalue weighted by Gasteiger charge is 2.26. The minimum absolute atomic E-state index is 0.106. The summed E-state index contributed by atoms with van der Waals surface area (Å²) in [4.78, 5) is 16.6. The summed E-state index contributed by atoms with van der Waals surface area (Å²) in [5.74, 6) is -0.339. The number of amides is 1. The predicted molar refractivity (Wildman–Crippen MR) is 109 cm³/mol. The van der Waals surface area contributed by atoms with Crippen LogP contribution >= 0.6 is 0 Å². The first kappa shape index (κ1) is 20.2. The van der Waals surface area contributed by atoms with Crippen molar-refractivity contribution in [1.82, 2.24) is 24.4 Å². The van der Waals surface area contributed by atoms with Crippen LogP contribution < -0.4 is 5.32 Å². The molecule has 1 aliphatic heterocycles. The lowest BCUT2D eigenvalue weighted by molar-refractivity contribution is 0.0730. The van der Waals surface area contributed by atoms with Crippen molar-refractivity contribution in [1.29, 1.82) is 0 Å². The quantitative estimate of drug-likeness (QED) is 0.634. The van der Waals surface area contributed by atoms with Crippen LogP contribution in [0.25, 0.3) is 5.69 Å². The second-order valence-electron chi connectivity index (χ2n) is 6.73. The van der Waals surface area contributed by atoms with Crippen LogP contribution in [0.5, 0.6) is 0 Å². The minimum atomic E-state index is -3.65. The number of ether oxygens (including phenoxy) is 1. The average molecular weight is 427 g/mol. The van der Waals surface area contributed by atoms with E-state index in [1.54, 1.807) is 23.1 Å². The van der Waals surface area contributed by atoms with E-state index in [0.29, 0.717) is 38.4 Å². The Labute approximate surface area is 174 Å². The maximum Gasteiger partial charge on any atom is 0.251 e. The Morgan fingerprint density at radius 1 is 1.10 bits per heavy atom. The molecule has 0 bridgehead atoms. The number of nitrogens with zero attached hydrogens (tertiary/aromatic N) is 4. The Hall–Kier alpha value is -3.08. The van der Waals surface area contributed by atoms with Crippen molar-refractivity contribution in [2.75, 3.05) is 26.3 Å². The fourth-order valence-corrected chi connectivity index (χ4v) is 4.58. The summed E-state index contributed by atoms with van der Waals surface area (Å²) in [5, 5.41) is 6.89. The van der Waals surface area contributed by atoms with Gasteiger partial charge in [0.2, 0.25) is 10.0 Å². The van der Waals surface area contributed by atoms with Gasteiger partial charge in [0.1, 0.15) is 12.7 Å². The summed E-state index contributed by atoms with van der Waals surface area (Å²) in [5.41, 5.74) is 2.07. The molecule has 0 unspecified atom stereocenters. The number of carbonyl (C=O) groups is 1. The third kappa shape index (κ3) is 4.40. The molecule has 4 rings (SSSR count). The van der Waals surface area contributed by atoms with Crippen molar-refractivity contribution >= 4 is 15.9 Å². The summed E-state index contributed by atoms with van der Waals surface area (Å²) >= 11 is 0. The van der Waals surface area contributed by atoms with Gasteiger partial charge in [0, 0.05) is 25.2 Å². The van der Waals surface area contributed by atoms with E-state index >= 15 is 0 Å². The van der Waals surface area contributed by atoms with Gasteiger partial charge in [0.25, 0.3) is 5.91 Å². The van der Waals surface area contributed by atoms with Crippen LogP contribution in [0.4, 0.5) is 0 Å². The molecular weight excluding hydrogens is 406 g/mol. The van der Waals surface area contributed by atoms with Crippen molar-refractivity contribution in [2.24, 2.45) is 0 Å². The standard InChI is InChI=1S/C20H21N5O4S/c26-20(22-13-16-4-6-18(7-5-16)25-15-21-14-23-25)17-2-1-3-19(12-17)30(27,28)24-8-10-29-11-9-24/h1-7,12,14-15H,8-11,13H2,(H,22,26). The molecule has 0 saturated carbocycles.